The third-order valence-corrected chi connectivity index (χ3v) is 5.40. The molecule has 1 aliphatic rings. The topological polar surface area (TPSA) is 50.8 Å². The molecule has 0 spiro atoms. The third kappa shape index (κ3) is 6.67. The first kappa shape index (κ1) is 21.5. The van der Waals surface area contributed by atoms with Crippen LogP contribution in [0, 0.1) is 0 Å². The van der Waals surface area contributed by atoms with E-state index in [0.717, 1.165) is 38.2 Å². The number of nitrogens with zero attached hydrogens (tertiary/aromatic N) is 1. The first-order chi connectivity index (χ1) is 14.1. The van der Waals surface area contributed by atoms with Crippen LogP contribution >= 0.6 is 0 Å². The molecule has 2 aromatic rings. The van der Waals surface area contributed by atoms with Gasteiger partial charge in [-0.3, -0.25) is 9.69 Å². The van der Waals surface area contributed by atoms with Crippen molar-refractivity contribution in [2.24, 2.45) is 0 Å². The molecule has 3 rings (SSSR count). The van der Waals surface area contributed by atoms with E-state index in [9.17, 15) is 4.79 Å². The summed E-state index contributed by atoms with van der Waals surface area (Å²) in [5.41, 5.74) is 3.08. The van der Waals surface area contributed by atoms with Crippen LogP contribution in [0.3, 0.4) is 0 Å². The van der Waals surface area contributed by atoms with Crippen molar-refractivity contribution >= 4 is 11.6 Å². The number of benzene rings is 2. The van der Waals surface area contributed by atoms with Crippen LogP contribution in [0.1, 0.15) is 37.8 Å². The molecular formula is C24H32N2O3. The number of anilines is 1. The van der Waals surface area contributed by atoms with Gasteiger partial charge < -0.3 is 14.8 Å². The fourth-order valence-electron chi connectivity index (χ4n) is 3.70. The number of carbonyl (C=O) groups excluding carboxylic acids is 1. The third-order valence-electron chi connectivity index (χ3n) is 5.40. The van der Waals surface area contributed by atoms with Crippen molar-refractivity contribution in [1.82, 2.24) is 4.90 Å². The summed E-state index contributed by atoms with van der Waals surface area (Å²) in [6, 6.07) is 18.4. The van der Waals surface area contributed by atoms with Crippen LogP contribution < -0.4 is 5.32 Å². The molecule has 1 aliphatic heterocycles. The second kappa shape index (κ2) is 10.5. The van der Waals surface area contributed by atoms with E-state index in [4.69, 9.17) is 9.47 Å². The lowest BCUT2D eigenvalue weighted by atomic mass is 9.91. The highest BCUT2D eigenvalue weighted by Crippen LogP contribution is 2.29. The van der Waals surface area contributed by atoms with Crippen LogP contribution in [0.5, 0.6) is 0 Å². The van der Waals surface area contributed by atoms with Crippen molar-refractivity contribution in [3.63, 3.8) is 0 Å². The van der Waals surface area contributed by atoms with E-state index < -0.39 is 0 Å². The van der Waals surface area contributed by atoms with Crippen LogP contribution in [0.25, 0.3) is 0 Å². The normalized spacial score (nSPS) is 16.5. The summed E-state index contributed by atoms with van der Waals surface area (Å²) >= 11 is 0. The minimum absolute atomic E-state index is 0.0464. The van der Waals surface area contributed by atoms with Gasteiger partial charge in [-0.25, -0.2) is 0 Å². The Bertz CT molecular complexity index is 753. The first-order valence-electron chi connectivity index (χ1n) is 10.4. The highest BCUT2D eigenvalue weighted by Gasteiger charge is 2.35. The van der Waals surface area contributed by atoms with Crippen molar-refractivity contribution in [3.05, 3.63) is 65.7 Å². The highest BCUT2D eigenvalue weighted by molar-refractivity contribution is 5.88. The Hall–Kier alpha value is -2.21. The molecule has 29 heavy (non-hydrogen) atoms. The largest absolute Gasteiger partial charge is 0.379 e. The standard InChI is InChI=1S/C24H32N2O3/c1-3-28-19-24(29-18-22-7-5-4-6-8-22)13-15-26(16-14-24)17-21-9-11-23(12-10-21)25-20(2)27/h4-12H,3,13-19H2,1-2H3,(H,25,27). The zero-order valence-electron chi connectivity index (χ0n) is 17.5. The average molecular weight is 397 g/mol. The average Bonchev–Trinajstić information content (AvgIpc) is 2.74. The van der Waals surface area contributed by atoms with Gasteiger partial charge in [0.1, 0.15) is 0 Å². The Morgan fingerprint density at radius 1 is 1.03 bits per heavy atom. The quantitative estimate of drug-likeness (QED) is 0.689. The number of hydrogen-bond donors (Lipinski definition) is 1. The van der Waals surface area contributed by atoms with Gasteiger partial charge in [-0.1, -0.05) is 42.5 Å². The number of hydrogen-bond acceptors (Lipinski definition) is 4. The molecular weight excluding hydrogens is 364 g/mol. The maximum atomic E-state index is 11.2. The predicted octanol–water partition coefficient (Wildman–Crippen LogP) is 4.23. The fraction of sp³-hybridized carbons (Fsp3) is 0.458. The van der Waals surface area contributed by atoms with Gasteiger partial charge in [-0.15, -0.1) is 0 Å². The monoisotopic (exact) mass is 396 g/mol. The molecule has 0 aliphatic carbocycles. The zero-order chi connectivity index (χ0) is 20.5. The summed E-state index contributed by atoms with van der Waals surface area (Å²) in [5, 5.41) is 2.81. The molecule has 0 bridgehead atoms. The molecule has 1 heterocycles. The van der Waals surface area contributed by atoms with Gasteiger partial charge in [0.25, 0.3) is 0 Å². The van der Waals surface area contributed by atoms with Crippen LogP contribution in [-0.2, 0) is 27.4 Å². The summed E-state index contributed by atoms with van der Waals surface area (Å²) in [4.78, 5) is 13.6. The second-order valence-corrected chi connectivity index (χ2v) is 7.75. The maximum Gasteiger partial charge on any atom is 0.221 e. The maximum absolute atomic E-state index is 11.2. The second-order valence-electron chi connectivity index (χ2n) is 7.75. The number of rotatable bonds is 9. The zero-order valence-corrected chi connectivity index (χ0v) is 17.5. The van der Waals surface area contributed by atoms with E-state index >= 15 is 0 Å². The number of ether oxygens (including phenoxy) is 2. The van der Waals surface area contributed by atoms with E-state index in [1.54, 1.807) is 0 Å². The van der Waals surface area contributed by atoms with Gasteiger partial charge >= 0.3 is 0 Å². The van der Waals surface area contributed by atoms with Crippen molar-refractivity contribution < 1.29 is 14.3 Å². The summed E-state index contributed by atoms with van der Waals surface area (Å²) < 4.78 is 12.2. The molecule has 156 valence electrons. The molecule has 1 amide bonds. The molecule has 1 saturated heterocycles. The lowest BCUT2D eigenvalue weighted by Crippen LogP contribution is -2.48. The first-order valence-corrected chi connectivity index (χ1v) is 10.4. The van der Waals surface area contributed by atoms with Crippen LogP contribution in [-0.4, -0.2) is 42.7 Å². The molecule has 5 nitrogen and oxygen atoms in total. The van der Waals surface area contributed by atoms with Crippen LogP contribution in [0.2, 0.25) is 0 Å². The lowest BCUT2D eigenvalue weighted by Gasteiger charge is -2.41. The molecule has 0 aromatic heterocycles. The van der Waals surface area contributed by atoms with Gasteiger partial charge in [-0.2, -0.15) is 0 Å². The number of nitrogens with one attached hydrogen (secondary N) is 1. The molecule has 1 fully saturated rings. The Balaban J connectivity index is 1.54. The molecule has 2 aromatic carbocycles. The van der Waals surface area contributed by atoms with Crippen molar-refractivity contribution in [2.45, 2.75) is 45.4 Å². The molecule has 0 radical (unpaired) electrons. The van der Waals surface area contributed by atoms with Gasteiger partial charge in [-0.05, 0) is 43.0 Å². The molecule has 0 saturated carbocycles. The van der Waals surface area contributed by atoms with E-state index in [1.165, 1.54) is 18.1 Å². The van der Waals surface area contributed by atoms with Crippen molar-refractivity contribution in [1.29, 1.82) is 0 Å². The molecule has 5 heteroatoms. The van der Waals surface area contributed by atoms with E-state index in [1.807, 2.05) is 37.3 Å². The summed E-state index contributed by atoms with van der Waals surface area (Å²) in [7, 11) is 0. The van der Waals surface area contributed by atoms with E-state index in [2.05, 4.69) is 34.5 Å². The molecule has 0 atom stereocenters. The molecule has 0 unspecified atom stereocenters. The Kier molecular flexibility index (Phi) is 7.81. The Labute approximate surface area is 174 Å². The summed E-state index contributed by atoms with van der Waals surface area (Å²) in [5.74, 6) is -0.0464. The number of amides is 1. The van der Waals surface area contributed by atoms with Gasteiger partial charge in [0.2, 0.25) is 5.91 Å². The highest BCUT2D eigenvalue weighted by atomic mass is 16.5. The number of likely N-dealkylation sites (tertiary alicyclic amines) is 1. The van der Waals surface area contributed by atoms with Gasteiger partial charge in [0, 0.05) is 38.9 Å². The lowest BCUT2D eigenvalue weighted by molar-refractivity contribution is -0.133. The van der Waals surface area contributed by atoms with E-state index in [0.29, 0.717) is 19.8 Å². The summed E-state index contributed by atoms with van der Waals surface area (Å²) in [6.45, 7) is 8.41. The minimum atomic E-state index is -0.211. The number of carbonyl (C=O) groups is 1. The van der Waals surface area contributed by atoms with Crippen molar-refractivity contribution in [3.8, 4) is 0 Å². The van der Waals surface area contributed by atoms with E-state index in [-0.39, 0.29) is 11.5 Å². The van der Waals surface area contributed by atoms with Gasteiger partial charge in [0.05, 0.1) is 18.8 Å². The smallest absolute Gasteiger partial charge is 0.221 e. The summed E-state index contributed by atoms with van der Waals surface area (Å²) in [6.07, 6.45) is 1.92. The SMILES string of the molecule is CCOCC1(OCc2ccccc2)CCN(Cc2ccc(NC(C)=O)cc2)CC1. The predicted molar refractivity (Wildman–Crippen MR) is 116 cm³/mol. The van der Waals surface area contributed by atoms with Crippen LogP contribution in [0.4, 0.5) is 5.69 Å². The minimum Gasteiger partial charge on any atom is -0.379 e. The molecule has 1 N–H and O–H groups in total. The fourth-order valence-corrected chi connectivity index (χ4v) is 3.70. The number of piperidine rings is 1. The Morgan fingerprint density at radius 3 is 2.34 bits per heavy atom. The van der Waals surface area contributed by atoms with Crippen LogP contribution in [0.15, 0.2) is 54.6 Å². The Morgan fingerprint density at radius 2 is 1.72 bits per heavy atom. The van der Waals surface area contributed by atoms with Gasteiger partial charge in [0.15, 0.2) is 0 Å². The van der Waals surface area contributed by atoms with Crippen molar-refractivity contribution in [2.75, 3.05) is 31.6 Å².